The highest BCUT2D eigenvalue weighted by Gasteiger charge is 2.09. The van der Waals surface area contributed by atoms with Crippen molar-refractivity contribution in [2.24, 2.45) is 0 Å². The van der Waals surface area contributed by atoms with E-state index in [9.17, 15) is 10.2 Å². The Balaban J connectivity index is 2.90. The highest BCUT2D eigenvalue weighted by molar-refractivity contribution is 6.02. The van der Waals surface area contributed by atoms with Gasteiger partial charge in [0.25, 0.3) is 0 Å². The topological polar surface area (TPSA) is 43.7 Å². The summed E-state index contributed by atoms with van der Waals surface area (Å²) in [4.78, 5) is 1.90. The van der Waals surface area contributed by atoms with Gasteiger partial charge in [-0.25, -0.2) is 0 Å². The summed E-state index contributed by atoms with van der Waals surface area (Å²) in [5.41, 5.74) is 0.890. The molecule has 0 radical (unpaired) electrons. The Hall–Kier alpha value is -1.90. The van der Waals surface area contributed by atoms with Gasteiger partial charge in [0.1, 0.15) is 11.5 Å². The molecule has 3 nitrogen and oxygen atoms in total. The van der Waals surface area contributed by atoms with Crippen molar-refractivity contribution in [3.63, 3.8) is 0 Å². The first-order valence-corrected chi connectivity index (χ1v) is 4.72. The number of phenols is 2. The lowest BCUT2D eigenvalue weighted by atomic mass is 10.1. The van der Waals surface area contributed by atoms with Gasteiger partial charge in [0.05, 0.1) is 5.39 Å². The molecule has 2 aromatic rings. The van der Waals surface area contributed by atoms with Crippen LogP contribution in [-0.4, -0.2) is 24.3 Å². The second-order valence-electron chi connectivity index (χ2n) is 3.70. The third-order valence-electron chi connectivity index (χ3n) is 2.46. The number of nitrogens with zero attached hydrogens (tertiary/aromatic N) is 1. The monoisotopic (exact) mass is 203 g/mol. The summed E-state index contributed by atoms with van der Waals surface area (Å²) in [5.74, 6) is 0.374. The van der Waals surface area contributed by atoms with E-state index in [1.807, 2.05) is 19.0 Å². The van der Waals surface area contributed by atoms with Crippen LogP contribution in [-0.2, 0) is 0 Å². The first kappa shape index (κ1) is 9.65. The van der Waals surface area contributed by atoms with Crippen LogP contribution in [0.5, 0.6) is 11.5 Å². The van der Waals surface area contributed by atoms with Crippen molar-refractivity contribution >= 4 is 16.5 Å². The molecule has 0 unspecified atom stereocenters. The third-order valence-corrected chi connectivity index (χ3v) is 2.46. The number of hydrogen-bond donors (Lipinski definition) is 2. The molecule has 0 bridgehead atoms. The van der Waals surface area contributed by atoms with Gasteiger partial charge in [-0.2, -0.15) is 0 Å². The number of hydrogen-bond acceptors (Lipinski definition) is 3. The summed E-state index contributed by atoms with van der Waals surface area (Å²) >= 11 is 0. The van der Waals surface area contributed by atoms with Crippen LogP contribution in [0.3, 0.4) is 0 Å². The van der Waals surface area contributed by atoms with Crippen LogP contribution in [0.15, 0.2) is 30.3 Å². The Kier molecular flexibility index (Phi) is 2.15. The molecule has 0 atom stereocenters. The summed E-state index contributed by atoms with van der Waals surface area (Å²) in [6, 6.07) is 8.55. The number of phenolic OH excluding ortho intramolecular Hbond substituents is 2. The maximum atomic E-state index is 9.79. The molecule has 0 saturated carbocycles. The van der Waals surface area contributed by atoms with E-state index in [-0.39, 0.29) is 11.5 Å². The Bertz CT molecular complexity index is 506. The SMILES string of the molecule is CN(C)c1ccc(O)c2cccc(O)c12. The van der Waals surface area contributed by atoms with E-state index in [0.29, 0.717) is 10.8 Å². The molecule has 2 N–H and O–H groups in total. The second kappa shape index (κ2) is 3.35. The van der Waals surface area contributed by atoms with Crippen LogP contribution in [0.2, 0.25) is 0 Å². The summed E-state index contributed by atoms with van der Waals surface area (Å²) in [7, 11) is 3.80. The molecule has 0 saturated heterocycles. The number of anilines is 1. The van der Waals surface area contributed by atoms with Crippen molar-refractivity contribution in [2.45, 2.75) is 0 Å². The Morgan fingerprint density at radius 2 is 1.67 bits per heavy atom. The molecule has 0 aliphatic heterocycles. The van der Waals surface area contributed by atoms with Crippen molar-refractivity contribution in [3.05, 3.63) is 30.3 Å². The average molecular weight is 203 g/mol. The van der Waals surface area contributed by atoms with E-state index in [2.05, 4.69) is 0 Å². The van der Waals surface area contributed by atoms with Crippen molar-refractivity contribution in [1.82, 2.24) is 0 Å². The standard InChI is InChI=1S/C12H13NO2/c1-13(2)9-6-7-10(14)8-4-3-5-11(15)12(8)9/h3-7,14-15H,1-2H3. The van der Waals surface area contributed by atoms with E-state index in [4.69, 9.17) is 0 Å². The van der Waals surface area contributed by atoms with Crippen molar-refractivity contribution in [1.29, 1.82) is 0 Å². The van der Waals surface area contributed by atoms with Crippen LogP contribution in [0.1, 0.15) is 0 Å². The van der Waals surface area contributed by atoms with Gasteiger partial charge in [0.2, 0.25) is 0 Å². The molecule has 0 fully saturated rings. The zero-order valence-electron chi connectivity index (χ0n) is 8.73. The van der Waals surface area contributed by atoms with Crippen LogP contribution < -0.4 is 4.90 Å². The average Bonchev–Trinajstić information content (AvgIpc) is 2.19. The van der Waals surface area contributed by atoms with Gasteiger partial charge >= 0.3 is 0 Å². The molecule has 3 heteroatoms. The van der Waals surface area contributed by atoms with Crippen LogP contribution >= 0.6 is 0 Å². The Labute approximate surface area is 88.2 Å². The zero-order valence-corrected chi connectivity index (χ0v) is 8.73. The molecule has 0 amide bonds. The minimum Gasteiger partial charge on any atom is -0.507 e. The lowest BCUT2D eigenvalue weighted by Crippen LogP contribution is -2.08. The first-order chi connectivity index (χ1) is 7.11. The zero-order chi connectivity index (χ0) is 11.0. The van der Waals surface area contributed by atoms with E-state index < -0.39 is 0 Å². The number of benzene rings is 2. The first-order valence-electron chi connectivity index (χ1n) is 4.72. The largest absolute Gasteiger partial charge is 0.507 e. The van der Waals surface area contributed by atoms with Crippen LogP contribution in [0.4, 0.5) is 5.69 Å². The minimum atomic E-state index is 0.187. The normalized spacial score (nSPS) is 10.5. The van der Waals surface area contributed by atoms with Gasteiger partial charge in [0, 0.05) is 25.2 Å². The molecular weight excluding hydrogens is 190 g/mol. The van der Waals surface area contributed by atoms with Gasteiger partial charge in [-0.05, 0) is 18.2 Å². The van der Waals surface area contributed by atoms with Crippen LogP contribution in [0, 0.1) is 0 Å². The molecule has 0 spiro atoms. The van der Waals surface area contributed by atoms with Crippen molar-refractivity contribution < 1.29 is 10.2 Å². The fourth-order valence-electron chi connectivity index (χ4n) is 1.73. The lowest BCUT2D eigenvalue weighted by Gasteiger charge is -2.16. The molecule has 2 aromatic carbocycles. The van der Waals surface area contributed by atoms with Crippen LogP contribution in [0.25, 0.3) is 10.8 Å². The lowest BCUT2D eigenvalue weighted by molar-refractivity contribution is 0.475. The van der Waals surface area contributed by atoms with E-state index >= 15 is 0 Å². The molecule has 0 heterocycles. The van der Waals surface area contributed by atoms with Gasteiger partial charge < -0.3 is 15.1 Å². The van der Waals surface area contributed by atoms with Gasteiger partial charge in [-0.3, -0.25) is 0 Å². The number of fused-ring (bicyclic) bond motifs is 1. The summed E-state index contributed by atoms with van der Waals surface area (Å²) in [5, 5.41) is 20.8. The fourth-order valence-corrected chi connectivity index (χ4v) is 1.73. The molecule has 15 heavy (non-hydrogen) atoms. The highest BCUT2D eigenvalue weighted by atomic mass is 16.3. The molecule has 2 rings (SSSR count). The number of rotatable bonds is 1. The third kappa shape index (κ3) is 1.46. The maximum absolute atomic E-state index is 9.79. The number of aromatic hydroxyl groups is 2. The van der Waals surface area contributed by atoms with Gasteiger partial charge in [0.15, 0.2) is 0 Å². The molecule has 0 aliphatic rings. The molecular formula is C12H13NO2. The van der Waals surface area contributed by atoms with E-state index in [1.54, 1.807) is 30.3 Å². The quantitative estimate of drug-likeness (QED) is 0.747. The van der Waals surface area contributed by atoms with Crippen molar-refractivity contribution in [2.75, 3.05) is 19.0 Å². The summed E-state index contributed by atoms with van der Waals surface area (Å²) in [6.45, 7) is 0. The molecule has 78 valence electrons. The van der Waals surface area contributed by atoms with Gasteiger partial charge in [-0.1, -0.05) is 12.1 Å². The highest BCUT2D eigenvalue weighted by Crippen LogP contribution is 2.37. The van der Waals surface area contributed by atoms with Gasteiger partial charge in [-0.15, -0.1) is 0 Å². The van der Waals surface area contributed by atoms with E-state index in [0.717, 1.165) is 5.69 Å². The fraction of sp³-hybridized carbons (Fsp3) is 0.167. The maximum Gasteiger partial charge on any atom is 0.125 e. The predicted molar refractivity (Wildman–Crippen MR) is 61.6 cm³/mol. The summed E-state index contributed by atoms with van der Waals surface area (Å²) in [6.07, 6.45) is 0. The second-order valence-corrected chi connectivity index (χ2v) is 3.70. The van der Waals surface area contributed by atoms with E-state index in [1.165, 1.54) is 0 Å². The Morgan fingerprint density at radius 1 is 0.933 bits per heavy atom. The molecule has 0 aliphatic carbocycles. The minimum absolute atomic E-state index is 0.187. The van der Waals surface area contributed by atoms with Crippen molar-refractivity contribution in [3.8, 4) is 11.5 Å². The smallest absolute Gasteiger partial charge is 0.125 e. The molecule has 0 aromatic heterocycles. The summed E-state index contributed by atoms with van der Waals surface area (Å²) < 4.78 is 0. The predicted octanol–water partition coefficient (Wildman–Crippen LogP) is 2.32. The Morgan fingerprint density at radius 3 is 2.33 bits per heavy atom.